The number of nitrogens with one attached hydrogen (secondary N) is 1. The Labute approximate surface area is 180 Å². The predicted octanol–water partition coefficient (Wildman–Crippen LogP) is 5.01. The van der Waals surface area contributed by atoms with Crippen LogP contribution in [0.2, 0.25) is 0 Å². The van der Waals surface area contributed by atoms with Gasteiger partial charge in [0.2, 0.25) is 0 Å². The van der Waals surface area contributed by atoms with Crippen molar-refractivity contribution in [1.82, 2.24) is 5.32 Å². The number of rotatable bonds is 6. The van der Waals surface area contributed by atoms with E-state index in [1.54, 1.807) is 18.7 Å². The minimum Gasteiger partial charge on any atom is -0.488 e. The second kappa shape index (κ2) is 8.76. The van der Waals surface area contributed by atoms with Gasteiger partial charge in [0, 0.05) is 16.9 Å². The Morgan fingerprint density at radius 2 is 1.77 bits per heavy atom. The third kappa shape index (κ3) is 4.12. The number of fused-ring (bicyclic) bond motifs is 1. The summed E-state index contributed by atoms with van der Waals surface area (Å²) in [7, 11) is 0. The average Bonchev–Trinajstić information content (AvgIpc) is 3.19. The largest absolute Gasteiger partial charge is 0.488 e. The number of ether oxygens (including phenoxy) is 1. The summed E-state index contributed by atoms with van der Waals surface area (Å²) in [5.41, 5.74) is 4.42. The van der Waals surface area contributed by atoms with Crippen molar-refractivity contribution in [2.24, 2.45) is 0 Å². The van der Waals surface area contributed by atoms with E-state index in [1.807, 2.05) is 66.9 Å². The SMILES string of the molecule is CSc1ccccc1C(=O)NC[C@@H]1Cc2cc(-c3ccccc3C(C)=O)ccc2O1. The molecular weight excluding hydrogens is 394 g/mol. The van der Waals surface area contributed by atoms with Gasteiger partial charge in [-0.3, -0.25) is 9.59 Å². The van der Waals surface area contributed by atoms with Crippen molar-refractivity contribution >= 4 is 23.5 Å². The van der Waals surface area contributed by atoms with Crippen LogP contribution in [0, 0.1) is 0 Å². The van der Waals surface area contributed by atoms with E-state index < -0.39 is 0 Å². The first-order valence-electron chi connectivity index (χ1n) is 9.88. The third-order valence-corrected chi connectivity index (χ3v) is 6.06. The van der Waals surface area contributed by atoms with Crippen LogP contribution in [0.15, 0.2) is 71.6 Å². The van der Waals surface area contributed by atoms with Crippen molar-refractivity contribution in [2.45, 2.75) is 24.3 Å². The number of amides is 1. The number of Topliss-reactive ketones (excluding diaryl/α,β-unsaturated/α-hetero) is 1. The standard InChI is InChI=1S/C25H23NO3S/c1-16(27)20-7-3-4-8-21(20)17-11-12-23-18(13-17)14-19(29-23)15-26-25(28)22-9-5-6-10-24(22)30-2/h3-13,19H,14-15H2,1-2H3,(H,26,28)/t19-/m0/s1. The Morgan fingerprint density at radius 1 is 1.03 bits per heavy atom. The van der Waals surface area contributed by atoms with E-state index in [-0.39, 0.29) is 17.8 Å². The molecule has 152 valence electrons. The molecule has 30 heavy (non-hydrogen) atoms. The van der Waals surface area contributed by atoms with E-state index in [0.717, 1.165) is 33.8 Å². The van der Waals surface area contributed by atoms with Crippen LogP contribution in [0.1, 0.15) is 33.2 Å². The van der Waals surface area contributed by atoms with Gasteiger partial charge in [0.25, 0.3) is 5.91 Å². The Morgan fingerprint density at radius 3 is 2.53 bits per heavy atom. The molecule has 1 heterocycles. The molecule has 1 N–H and O–H groups in total. The smallest absolute Gasteiger partial charge is 0.252 e. The fourth-order valence-electron chi connectivity index (χ4n) is 3.78. The minimum atomic E-state index is -0.108. The maximum absolute atomic E-state index is 12.6. The molecule has 1 aliphatic rings. The van der Waals surface area contributed by atoms with Crippen molar-refractivity contribution in [1.29, 1.82) is 0 Å². The highest BCUT2D eigenvalue weighted by molar-refractivity contribution is 7.98. The van der Waals surface area contributed by atoms with E-state index in [4.69, 9.17) is 4.74 Å². The quantitative estimate of drug-likeness (QED) is 0.452. The summed E-state index contributed by atoms with van der Waals surface area (Å²) in [5.74, 6) is 0.798. The van der Waals surface area contributed by atoms with Gasteiger partial charge in [0.1, 0.15) is 11.9 Å². The lowest BCUT2D eigenvalue weighted by Crippen LogP contribution is -2.34. The summed E-state index contributed by atoms with van der Waals surface area (Å²) in [4.78, 5) is 25.5. The van der Waals surface area contributed by atoms with Crippen LogP contribution < -0.4 is 10.1 Å². The molecular formula is C25H23NO3S. The van der Waals surface area contributed by atoms with Crippen molar-refractivity contribution < 1.29 is 14.3 Å². The van der Waals surface area contributed by atoms with Gasteiger partial charge in [0.05, 0.1) is 12.1 Å². The van der Waals surface area contributed by atoms with Crippen LogP contribution in [0.5, 0.6) is 5.75 Å². The number of carbonyl (C=O) groups is 2. The van der Waals surface area contributed by atoms with E-state index in [0.29, 0.717) is 17.7 Å². The Bertz CT molecular complexity index is 1110. The molecule has 0 radical (unpaired) electrons. The maximum Gasteiger partial charge on any atom is 0.252 e. The highest BCUT2D eigenvalue weighted by atomic mass is 32.2. The summed E-state index contributed by atoms with van der Waals surface area (Å²) >= 11 is 1.56. The highest BCUT2D eigenvalue weighted by Gasteiger charge is 2.24. The molecule has 0 bridgehead atoms. The van der Waals surface area contributed by atoms with Crippen LogP contribution in [0.25, 0.3) is 11.1 Å². The summed E-state index contributed by atoms with van der Waals surface area (Å²) < 4.78 is 6.03. The second-order valence-corrected chi connectivity index (χ2v) is 8.13. The lowest BCUT2D eigenvalue weighted by Gasteiger charge is -2.13. The Hall–Kier alpha value is -3.05. The second-order valence-electron chi connectivity index (χ2n) is 7.28. The van der Waals surface area contributed by atoms with Gasteiger partial charge < -0.3 is 10.1 Å². The zero-order chi connectivity index (χ0) is 21.1. The number of benzene rings is 3. The monoisotopic (exact) mass is 417 g/mol. The first kappa shape index (κ1) is 20.2. The van der Waals surface area contributed by atoms with Gasteiger partial charge in [-0.05, 0) is 54.1 Å². The van der Waals surface area contributed by atoms with Crippen LogP contribution >= 0.6 is 11.8 Å². The molecule has 5 heteroatoms. The van der Waals surface area contributed by atoms with Gasteiger partial charge in [0.15, 0.2) is 5.78 Å². The van der Waals surface area contributed by atoms with Crippen molar-refractivity contribution in [3.8, 4) is 16.9 Å². The Balaban J connectivity index is 1.46. The van der Waals surface area contributed by atoms with Crippen LogP contribution in [-0.2, 0) is 6.42 Å². The predicted molar refractivity (Wildman–Crippen MR) is 121 cm³/mol. The minimum absolute atomic E-state index is 0.0495. The van der Waals surface area contributed by atoms with E-state index in [2.05, 4.69) is 11.4 Å². The van der Waals surface area contributed by atoms with Crippen molar-refractivity contribution in [3.05, 3.63) is 83.4 Å². The molecule has 0 aliphatic carbocycles. The molecule has 4 nitrogen and oxygen atoms in total. The third-order valence-electron chi connectivity index (χ3n) is 5.26. The summed E-state index contributed by atoms with van der Waals surface area (Å²) in [5, 5.41) is 3.00. The van der Waals surface area contributed by atoms with E-state index in [1.165, 1.54) is 0 Å². The molecule has 1 atom stereocenters. The lowest BCUT2D eigenvalue weighted by atomic mass is 9.95. The van der Waals surface area contributed by atoms with Gasteiger partial charge in [-0.1, -0.05) is 42.5 Å². The molecule has 0 saturated carbocycles. The van der Waals surface area contributed by atoms with Crippen molar-refractivity contribution in [2.75, 3.05) is 12.8 Å². The van der Waals surface area contributed by atoms with Gasteiger partial charge >= 0.3 is 0 Å². The summed E-state index contributed by atoms with van der Waals surface area (Å²) in [6.45, 7) is 2.03. The summed E-state index contributed by atoms with van der Waals surface area (Å²) in [6.07, 6.45) is 2.57. The van der Waals surface area contributed by atoms with E-state index in [9.17, 15) is 9.59 Å². The summed E-state index contributed by atoms with van der Waals surface area (Å²) in [6, 6.07) is 21.2. The first-order valence-corrected chi connectivity index (χ1v) is 11.1. The Kier molecular flexibility index (Phi) is 5.91. The molecule has 1 aliphatic heterocycles. The molecule has 0 aromatic heterocycles. The number of ketones is 1. The molecule has 0 spiro atoms. The molecule has 3 aromatic rings. The van der Waals surface area contributed by atoms with Gasteiger partial charge in [-0.15, -0.1) is 11.8 Å². The van der Waals surface area contributed by atoms with Crippen LogP contribution in [0.3, 0.4) is 0 Å². The fourth-order valence-corrected chi connectivity index (χ4v) is 4.37. The molecule has 0 fully saturated rings. The number of hydrogen-bond acceptors (Lipinski definition) is 4. The fraction of sp³-hybridized carbons (Fsp3) is 0.200. The first-order chi connectivity index (χ1) is 14.6. The number of thioether (sulfide) groups is 1. The number of carbonyl (C=O) groups excluding carboxylic acids is 2. The average molecular weight is 418 g/mol. The van der Waals surface area contributed by atoms with Gasteiger partial charge in [-0.2, -0.15) is 0 Å². The maximum atomic E-state index is 12.6. The van der Waals surface area contributed by atoms with E-state index >= 15 is 0 Å². The van der Waals surface area contributed by atoms with Gasteiger partial charge in [-0.25, -0.2) is 0 Å². The highest BCUT2D eigenvalue weighted by Crippen LogP contribution is 2.34. The number of hydrogen-bond donors (Lipinski definition) is 1. The molecule has 1 amide bonds. The molecule has 3 aromatic carbocycles. The van der Waals surface area contributed by atoms with Crippen LogP contribution in [0.4, 0.5) is 0 Å². The normalized spacial score (nSPS) is 14.7. The van der Waals surface area contributed by atoms with Crippen LogP contribution in [-0.4, -0.2) is 30.6 Å². The molecule has 0 unspecified atom stereocenters. The molecule has 0 saturated heterocycles. The lowest BCUT2D eigenvalue weighted by molar-refractivity contribution is 0.0930. The molecule has 4 rings (SSSR count). The topological polar surface area (TPSA) is 55.4 Å². The zero-order valence-electron chi connectivity index (χ0n) is 17.0. The zero-order valence-corrected chi connectivity index (χ0v) is 17.8. The van der Waals surface area contributed by atoms with Crippen molar-refractivity contribution in [3.63, 3.8) is 0 Å².